The van der Waals surface area contributed by atoms with Crippen LogP contribution in [0.5, 0.6) is 0 Å². The third-order valence-corrected chi connectivity index (χ3v) is 6.55. The van der Waals surface area contributed by atoms with Gasteiger partial charge in [-0.1, -0.05) is 12.1 Å². The molecule has 6 heteroatoms. The number of sulfonamides is 1. The van der Waals surface area contributed by atoms with Gasteiger partial charge in [0.05, 0.1) is 11.8 Å². The number of hydrogen-bond acceptors (Lipinski definition) is 4. The van der Waals surface area contributed by atoms with Gasteiger partial charge in [-0.05, 0) is 37.8 Å². The van der Waals surface area contributed by atoms with E-state index in [-0.39, 0.29) is 12.0 Å². The van der Waals surface area contributed by atoms with Crippen LogP contribution in [0.25, 0.3) is 0 Å². The summed E-state index contributed by atoms with van der Waals surface area (Å²) in [4.78, 5) is 0.335. The molecule has 2 aliphatic rings. The molecule has 0 aromatic heterocycles. The molecule has 1 saturated heterocycles. The zero-order valence-corrected chi connectivity index (χ0v) is 13.0. The van der Waals surface area contributed by atoms with E-state index >= 15 is 0 Å². The number of anilines is 1. The summed E-state index contributed by atoms with van der Waals surface area (Å²) in [6.45, 7) is 3.59. The second kappa shape index (κ2) is 5.59. The van der Waals surface area contributed by atoms with E-state index in [0.717, 1.165) is 12.8 Å². The molecular formula is C15H22N2O3S. The molecule has 3 unspecified atom stereocenters. The summed E-state index contributed by atoms with van der Waals surface area (Å²) >= 11 is 0. The first kappa shape index (κ1) is 14.8. The van der Waals surface area contributed by atoms with Crippen molar-refractivity contribution in [3.63, 3.8) is 0 Å². The average molecular weight is 310 g/mol. The third kappa shape index (κ3) is 2.56. The van der Waals surface area contributed by atoms with Crippen molar-refractivity contribution in [3.05, 3.63) is 24.3 Å². The monoisotopic (exact) mass is 310 g/mol. The number of nitrogens with one attached hydrogen (secondary N) is 1. The van der Waals surface area contributed by atoms with Crippen molar-refractivity contribution >= 4 is 15.7 Å². The van der Waals surface area contributed by atoms with E-state index in [9.17, 15) is 13.5 Å². The summed E-state index contributed by atoms with van der Waals surface area (Å²) in [5.41, 5.74) is 0.651. The van der Waals surface area contributed by atoms with E-state index in [2.05, 4.69) is 5.32 Å². The first-order valence-electron chi connectivity index (χ1n) is 7.55. The van der Waals surface area contributed by atoms with Gasteiger partial charge in [0.15, 0.2) is 0 Å². The van der Waals surface area contributed by atoms with Gasteiger partial charge in [0.2, 0.25) is 10.0 Å². The molecule has 116 valence electrons. The predicted octanol–water partition coefficient (Wildman–Crippen LogP) is 1.51. The molecule has 21 heavy (non-hydrogen) atoms. The van der Waals surface area contributed by atoms with E-state index in [1.807, 2.05) is 13.0 Å². The van der Waals surface area contributed by atoms with Gasteiger partial charge >= 0.3 is 0 Å². The molecule has 1 aliphatic carbocycles. The summed E-state index contributed by atoms with van der Waals surface area (Å²) in [7, 11) is -3.50. The Morgan fingerprint density at radius 1 is 1.29 bits per heavy atom. The van der Waals surface area contributed by atoms with Crippen LogP contribution in [0.3, 0.4) is 0 Å². The summed E-state index contributed by atoms with van der Waals surface area (Å²) in [6.07, 6.45) is 1.38. The largest absolute Gasteiger partial charge is 0.393 e. The second-order valence-electron chi connectivity index (χ2n) is 5.92. The van der Waals surface area contributed by atoms with E-state index in [1.54, 1.807) is 22.5 Å². The lowest BCUT2D eigenvalue weighted by Crippen LogP contribution is -2.31. The fourth-order valence-electron chi connectivity index (χ4n) is 3.56. The zero-order valence-electron chi connectivity index (χ0n) is 12.2. The van der Waals surface area contributed by atoms with Crippen LogP contribution in [-0.4, -0.2) is 43.6 Å². The molecule has 1 aliphatic heterocycles. The van der Waals surface area contributed by atoms with Gasteiger partial charge in [-0.2, -0.15) is 4.31 Å². The fraction of sp³-hybridized carbons (Fsp3) is 0.600. The number of rotatable bonds is 4. The molecule has 1 aromatic carbocycles. The van der Waals surface area contributed by atoms with Crippen LogP contribution in [0.2, 0.25) is 0 Å². The minimum atomic E-state index is -3.50. The summed E-state index contributed by atoms with van der Waals surface area (Å²) in [5, 5.41) is 13.1. The first-order chi connectivity index (χ1) is 10.0. The van der Waals surface area contributed by atoms with Crippen molar-refractivity contribution in [1.82, 2.24) is 4.31 Å². The topological polar surface area (TPSA) is 69.6 Å². The van der Waals surface area contributed by atoms with E-state index in [0.29, 0.717) is 36.1 Å². The Labute approximate surface area is 126 Å². The van der Waals surface area contributed by atoms with E-state index < -0.39 is 10.0 Å². The number of nitrogens with zero attached hydrogens (tertiary/aromatic N) is 1. The summed E-state index contributed by atoms with van der Waals surface area (Å²) in [6, 6.07) is 7.03. The van der Waals surface area contributed by atoms with Crippen LogP contribution in [-0.2, 0) is 10.0 Å². The Kier molecular flexibility index (Phi) is 3.94. The maximum atomic E-state index is 12.9. The molecule has 0 bridgehead atoms. The fourth-order valence-corrected chi connectivity index (χ4v) is 5.26. The molecule has 0 amide bonds. The SMILES string of the molecule is CCNc1ccccc1S(=O)(=O)N1CC2CCC(O)C2C1. The van der Waals surface area contributed by atoms with E-state index in [4.69, 9.17) is 0 Å². The van der Waals surface area contributed by atoms with Crippen LogP contribution < -0.4 is 5.32 Å². The van der Waals surface area contributed by atoms with Crippen molar-refractivity contribution in [1.29, 1.82) is 0 Å². The highest BCUT2D eigenvalue weighted by Gasteiger charge is 2.46. The highest BCUT2D eigenvalue weighted by atomic mass is 32.2. The Bertz CT molecular complexity index is 617. The quantitative estimate of drug-likeness (QED) is 0.884. The number of benzene rings is 1. The Morgan fingerprint density at radius 3 is 2.76 bits per heavy atom. The Morgan fingerprint density at radius 2 is 2.05 bits per heavy atom. The van der Waals surface area contributed by atoms with Crippen LogP contribution in [0.1, 0.15) is 19.8 Å². The normalized spacial score (nSPS) is 29.5. The molecule has 2 N–H and O–H groups in total. The number of aliphatic hydroxyl groups is 1. The molecule has 0 radical (unpaired) electrons. The van der Waals surface area contributed by atoms with Crippen molar-refractivity contribution in [2.45, 2.75) is 30.8 Å². The summed E-state index contributed by atoms with van der Waals surface area (Å²) < 4.78 is 27.3. The van der Waals surface area contributed by atoms with Gasteiger partial charge in [0, 0.05) is 25.6 Å². The zero-order chi connectivity index (χ0) is 15.0. The average Bonchev–Trinajstić information content (AvgIpc) is 3.03. The minimum absolute atomic E-state index is 0.103. The van der Waals surface area contributed by atoms with Crippen molar-refractivity contribution in [3.8, 4) is 0 Å². The van der Waals surface area contributed by atoms with Crippen LogP contribution >= 0.6 is 0 Å². The minimum Gasteiger partial charge on any atom is -0.393 e. The molecule has 5 nitrogen and oxygen atoms in total. The molecule has 3 rings (SSSR count). The maximum Gasteiger partial charge on any atom is 0.245 e. The number of para-hydroxylation sites is 1. The van der Waals surface area contributed by atoms with Crippen LogP contribution in [0.4, 0.5) is 5.69 Å². The number of fused-ring (bicyclic) bond motifs is 1. The highest BCUT2D eigenvalue weighted by molar-refractivity contribution is 7.89. The highest BCUT2D eigenvalue weighted by Crippen LogP contribution is 2.40. The molecule has 1 heterocycles. The van der Waals surface area contributed by atoms with Gasteiger partial charge in [-0.3, -0.25) is 0 Å². The molecule has 1 saturated carbocycles. The number of aliphatic hydroxyl groups excluding tert-OH is 1. The standard InChI is InChI=1S/C15H22N2O3S/c1-2-16-13-5-3-4-6-15(13)21(19,20)17-9-11-7-8-14(18)12(11)10-17/h3-6,11-12,14,16,18H,2,7-10H2,1H3. The third-order valence-electron chi connectivity index (χ3n) is 4.66. The van der Waals surface area contributed by atoms with Gasteiger partial charge in [0.1, 0.15) is 4.90 Å². The van der Waals surface area contributed by atoms with Crippen molar-refractivity contribution < 1.29 is 13.5 Å². The Balaban J connectivity index is 1.88. The Hall–Kier alpha value is -1.11. The molecular weight excluding hydrogens is 288 g/mol. The lowest BCUT2D eigenvalue weighted by molar-refractivity contribution is 0.129. The van der Waals surface area contributed by atoms with Gasteiger partial charge in [-0.25, -0.2) is 8.42 Å². The van der Waals surface area contributed by atoms with Crippen LogP contribution in [0.15, 0.2) is 29.2 Å². The number of hydrogen-bond donors (Lipinski definition) is 2. The lowest BCUT2D eigenvalue weighted by Gasteiger charge is -2.20. The molecule has 0 spiro atoms. The predicted molar refractivity (Wildman–Crippen MR) is 81.6 cm³/mol. The van der Waals surface area contributed by atoms with Gasteiger partial charge in [-0.15, -0.1) is 0 Å². The van der Waals surface area contributed by atoms with Crippen molar-refractivity contribution in [2.24, 2.45) is 11.8 Å². The molecule has 1 aromatic rings. The van der Waals surface area contributed by atoms with E-state index in [1.165, 1.54) is 0 Å². The maximum absolute atomic E-state index is 12.9. The first-order valence-corrected chi connectivity index (χ1v) is 8.99. The summed E-state index contributed by atoms with van der Waals surface area (Å²) in [5.74, 6) is 0.409. The molecule has 3 atom stereocenters. The lowest BCUT2D eigenvalue weighted by atomic mass is 10.00. The smallest absolute Gasteiger partial charge is 0.245 e. The molecule has 2 fully saturated rings. The van der Waals surface area contributed by atoms with Crippen molar-refractivity contribution in [2.75, 3.05) is 25.0 Å². The van der Waals surface area contributed by atoms with Crippen LogP contribution in [0, 0.1) is 11.8 Å². The van der Waals surface area contributed by atoms with Gasteiger partial charge in [0.25, 0.3) is 0 Å². The van der Waals surface area contributed by atoms with Gasteiger partial charge < -0.3 is 10.4 Å². The second-order valence-corrected chi connectivity index (χ2v) is 7.82.